The van der Waals surface area contributed by atoms with Crippen molar-refractivity contribution in [1.29, 1.82) is 0 Å². The van der Waals surface area contributed by atoms with Crippen LogP contribution in [0.15, 0.2) is 28.7 Å². The van der Waals surface area contributed by atoms with Crippen molar-refractivity contribution in [2.75, 3.05) is 5.88 Å². The van der Waals surface area contributed by atoms with Gasteiger partial charge in [-0.25, -0.2) is 0 Å². The molecule has 0 spiro atoms. The van der Waals surface area contributed by atoms with Gasteiger partial charge in [-0.2, -0.15) is 0 Å². The topological polar surface area (TPSA) is 12.0 Å². The molecule has 0 aliphatic rings. The first-order chi connectivity index (χ1) is 7.13. The van der Waals surface area contributed by atoms with Gasteiger partial charge >= 0.3 is 0 Å². The Morgan fingerprint density at radius 3 is 2.33 bits per heavy atom. The van der Waals surface area contributed by atoms with E-state index in [9.17, 15) is 0 Å². The molecule has 1 aromatic carbocycles. The van der Waals surface area contributed by atoms with Gasteiger partial charge in [-0.1, -0.05) is 41.9 Å². The van der Waals surface area contributed by atoms with Gasteiger partial charge in [-0.05, 0) is 23.6 Å². The number of hydrogen-bond donors (Lipinski definition) is 1. The molecule has 0 saturated carbocycles. The fraction of sp³-hybridized carbons (Fsp3) is 0.500. The van der Waals surface area contributed by atoms with Crippen LogP contribution in [-0.4, -0.2) is 11.9 Å². The maximum atomic E-state index is 5.88. The Bertz CT molecular complexity index is 284. The van der Waals surface area contributed by atoms with Gasteiger partial charge < -0.3 is 5.32 Å². The van der Waals surface area contributed by atoms with Crippen molar-refractivity contribution in [2.45, 2.75) is 26.4 Å². The van der Waals surface area contributed by atoms with Crippen LogP contribution in [-0.2, 0) is 6.54 Å². The molecule has 1 unspecified atom stereocenters. The molecule has 0 aliphatic carbocycles. The SMILES string of the molecule is CC(C)C(CCl)NCc1ccc(Br)cc1. The number of benzene rings is 1. The van der Waals surface area contributed by atoms with Gasteiger partial charge in [-0.15, -0.1) is 11.6 Å². The van der Waals surface area contributed by atoms with Crippen LogP contribution in [0.5, 0.6) is 0 Å². The summed E-state index contributed by atoms with van der Waals surface area (Å²) < 4.78 is 1.11. The summed E-state index contributed by atoms with van der Waals surface area (Å²) in [6.45, 7) is 5.24. The number of hydrogen-bond acceptors (Lipinski definition) is 1. The van der Waals surface area contributed by atoms with Crippen LogP contribution in [0.3, 0.4) is 0 Å². The quantitative estimate of drug-likeness (QED) is 0.813. The van der Waals surface area contributed by atoms with Gasteiger partial charge in [0.15, 0.2) is 0 Å². The van der Waals surface area contributed by atoms with E-state index in [2.05, 4.69) is 59.4 Å². The van der Waals surface area contributed by atoms with E-state index in [0.717, 1.165) is 11.0 Å². The highest BCUT2D eigenvalue weighted by atomic mass is 79.9. The minimum absolute atomic E-state index is 0.385. The molecule has 1 N–H and O–H groups in total. The highest BCUT2D eigenvalue weighted by Gasteiger charge is 2.10. The van der Waals surface area contributed by atoms with Crippen molar-refractivity contribution in [3.8, 4) is 0 Å². The largest absolute Gasteiger partial charge is 0.308 e. The standard InChI is InChI=1S/C12H17BrClN/c1-9(2)12(7-14)15-8-10-3-5-11(13)6-4-10/h3-6,9,12,15H,7-8H2,1-2H3. The lowest BCUT2D eigenvalue weighted by Crippen LogP contribution is -2.34. The normalized spacial score (nSPS) is 13.1. The molecule has 3 heteroatoms. The van der Waals surface area contributed by atoms with Gasteiger partial charge in [0.2, 0.25) is 0 Å². The minimum Gasteiger partial charge on any atom is -0.308 e. The predicted molar refractivity (Wildman–Crippen MR) is 70.3 cm³/mol. The predicted octanol–water partition coefficient (Wildman–Crippen LogP) is 3.80. The van der Waals surface area contributed by atoms with Crippen LogP contribution in [0.1, 0.15) is 19.4 Å². The number of halogens is 2. The summed E-state index contributed by atoms with van der Waals surface area (Å²) in [5.41, 5.74) is 1.29. The summed E-state index contributed by atoms with van der Waals surface area (Å²) in [4.78, 5) is 0. The van der Waals surface area contributed by atoms with Crippen molar-refractivity contribution < 1.29 is 0 Å². The molecule has 0 heterocycles. The Hall–Kier alpha value is -0.0500. The van der Waals surface area contributed by atoms with Crippen LogP contribution in [0.4, 0.5) is 0 Å². The third-order valence-corrected chi connectivity index (χ3v) is 3.31. The second-order valence-corrected chi connectivity index (χ2v) is 5.24. The monoisotopic (exact) mass is 289 g/mol. The lowest BCUT2D eigenvalue weighted by molar-refractivity contribution is 0.430. The molecule has 1 rings (SSSR count). The highest BCUT2D eigenvalue weighted by Crippen LogP contribution is 2.11. The third-order valence-electron chi connectivity index (χ3n) is 2.45. The molecule has 0 fully saturated rings. The molecule has 1 aromatic rings. The molecule has 15 heavy (non-hydrogen) atoms. The molecule has 1 nitrogen and oxygen atoms in total. The average Bonchev–Trinajstić information content (AvgIpc) is 2.21. The smallest absolute Gasteiger partial charge is 0.0380 e. The van der Waals surface area contributed by atoms with Gasteiger partial charge in [0.25, 0.3) is 0 Å². The van der Waals surface area contributed by atoms with Crippen LogP contribution in [0, 0.1) is 5.92 Å². The van der Waals surface area contributed by atoms with E-state index in [0.29, 0.717) is 17.8 Å². The van der Waals surface area contributed by atoms with Crippen molar-refractivity contribution in [3.63, 3.8) is 0 Å². The molecule has 1 atom stereocenters. The highest BCUT2D eigenvalue weighted by molar-refractivity contribution is 9.10. The summed E-state index contributed by atoms with van der Waals surface area (Å²) in [6, 6.07) is 8.73. The Morgan fingerprint density at radius 1 is 1.27 bits per heavy atom. The number of alkyl halides is 1. The zero-order valence-electron chi connectivity index (χ0n) is 9.13. The molecule has 0 bridgehead atoms. The molecular weight excluding hydrogens is 273 g/mol. The molecule has 0 radical (unpaired) electrons. The van der Waals surface area contributed by atoms with Gasteiger partial charge in [0.1, 0.15) is 0 Å². The minimum atomic E-state index is 0.385. The summed E-state index contributed by atoms with van der Waals surface area (Å²) in [7, 11) is 0. The Morgan fingerprint density at radius 2 is 1.87 bits per heavy atom. The molecule has 0 amide bonds. The zero-order valence-corrected chi connectivity index (χ0v) is 11.5. The molecule has 84 valence electrons. The van der Waals surface area contributed by atoms with Crippen molar-refractivity contribution in [3.05, 3.63) is 34.3 Å². The fourth-order valence-corrected chi connectivity index (χ4v) is 2.05. The van der Waals surface area contributed by atoms with Gasteiger partial charge in [0.05, 0.1) is 0 Å². The van der Waals surface area contributed by atoms with Crippen LogP contribution >= 0.6 is 27.5 Å². The van der Waals surface area contributed by atoms with E-state index in [1.807, 2.05) is 0 Å². The first kappa shape index (κ1) is 13.0. The Balaban J connectivity index is 2.45. The van der Waals surface area contributed by atoms with Crippen LogP contribution in [0.25, 0.3) is 0 Å². The number of rotatable bonds is 5. The van der Waals surface area contributed by atoms with Crippen molar-refractivity contribution in [2.24, 2.45) is 5.92 Å². The average molecular weight is 291 g/mol. The van der Waals surface area contributed by atoms with E-state index >= 15 is 0 Å². The van der Waals surface area contributed by atoms with Crippen LogP contribution < -0.4 is 5.32 Å². The summed E-state index contributed by atoms with van der Waals surface area (Å²) >= 11 is 9.30. The summed E-state index contributed by atoms with van der Waals surface area (Å²) in [5.74, 6) is 1.23. The molecule has 0 aliphatic heterocycles. The maximum absolute atomic E-state index is 5.88. The third kappa shape index (κ3) is 4.54. The van der Waals surface area contributed by atoms with Crippen molar-refractivity contribution >= 4 is 27.5 Å². The first-order valence-corrected chi connectivity index (χ1v) is 6.50. The van der Waals surface area contributed by atoms with E-state index in [-0.39, 0.29) is 0 Å². The van der Waals surface area contributed by atoms with E-state index in [1.165, 1.54) is 5.56 Å². The Kier molecular flexibility index (Phi) is 5.65. The second-order valence-electron chi connectivity index (χ2n) is 4.01. The molecular formula is C12H17BrClN. The molecule has 0 aromatic heterocycles. The van der Waals surface area contributed by atoms with E-state index < -0.39 is 0 Å². The van der Waals surface area contributed by atoms with E-state index in [4.69, 9.17) is 11.6 Å². The zero-order chi connectivity index (χ0) is 11.3. The van der Waals surface area contributed by atoms with Crippen LogP contribution in [0.2, 0.25) is 0 Å². The lowest BCUT2D eigenvalue weighted by atomic mass is 10.1. The van der Waals surface area contributed by atoms with E-state index in [1.54, 1.807) is 0 Å². The van der Waals surface area contributed by atoms with Gasteiger partial charge in [0, 0.05) is 22.9 Å². The molecule has 0 saturated heterocycles. The first-order valence-electron chi connectivity index (χ1n) is 5.17. The second kappa shape index (κ2) is 6.51. The number of nitrogens with one attached hydrogen (secondary N) is 1. The summed E-state index contributed by atoms with van der Waals surface area (Å²) in [5, 5.41) is 3.46. The Labute approximate surface area is 105 Å². The van der Waals surface area contributed by atoms with Crippen molar-refractivity contribution in [1.82, 2.24) is 5.32 Å². The lowest BCUT2D eigenvalue weighted by Gasteiger charge is -2.19. The maximum Gasteiger partial charge on any atom is 0.0380 e. The van der Waals surface area contributed by atoms with Gasteiger partial charge in [-0.3, -0.25) is 0 Å². The summed E-state index contributed by atoms with van der Waals surface area (Å²) in [6.07, 6.45) is 0. The fourth-order valence-electron chi connectivity index (χ4n) is 1.32.